The number of pyridine rings is 1. The Balaban J connectivity index is 1.73. The summed E-state index contributed by atoms with van der Waals surface area (Å²) in [4.78, 5) is 31.1. The van der Waals surface area contributed by atoms with Crippen molar-refractivity contribution in [3.8, 4) is 0 Å². The van der Waals surface area contributed by atoms with Gasteiger partial charge in [0.05, 0.1) is 0 Å². The number of anilines is 1. The van der Waals surface area contributed by atoms with Crippen molar-refractivity contribution in [2.24, 2.45) is 5.92 Å². The third-order valence-electron chi connectivity index (χ3n) is 4.25. The van der Waals surface area contributed by atoms with Crippen LogP contribution in [0, 0.1) is 5.92 Å². The molecule has 2 aromatic rings. The van der Waals surface area contributed by atoms with Gasteiger partial charge in [-0.3, -0.25) is 9.59 Å². The van der Waals surface area contributed by atoms with Crippen molar-refractivity contribution in [1.82, 2.24) is 9.88 Å². The summed E-state index contributed by atoms with van der Waals surface area (Å²) in [5.41, 5.74) is 1.14. The van der Waals surface area contributed by atoms with Crippen LogP contribution < -0.4 is 5.32 Å². The smallest absolute Gasteiger partial charge is 0.274 e. The maximum absolute atomic E-state index is 12.6. The minimum absolute atomic E-state index is 0.118. The van der Waals surface area contributed by atoms with Crippen LogP contribution in [0.25, 0.3) is 0 Å². The number of carbonyl (C=O) groups excluding carboxylic acids is 2. The largest absolute Gasteiger partial charge is 0.337 e. The highest BCUT2D eigenvalue weighted by Crippen LogP contribution is 2.18. The van der Waals surface area contributed by atoms with Crippen LogP contribution in [0.4, 0.5) is 5.69 Å². The van der Waals surface area contributed by atoms with Gasteiger partial charge < -0.3 is 10.2 Å². The lowest BCUT2D eigenvalue weighted by molar-refractivity contribution is 0.0677. The predicted molar refractivity (Wildman–Crippen MR) is 97.9 cm³/mol. The van der Waals surface area contributed by atoms with Gasteiger partial charge in [-0.1, -0.05) is 24.6 Å². The number of amides is 2. The average molecular weight is 358 g/mol. The molecule has 3 rings (SSSR count). The molecular weight excluding hydrogens is 338 g/mol. The highest BCUT2D eigenvalue weighted by Gasteiger charge is 2.23. The van der Waals surface area contributed by atoms with Crippen molar-refractivity contribution in [2.75, 3.05) is 18.4 Å². The zero-order valence-electron chi connectivity index (χ0n) is 14.0. The molecular formula is C19H20ClN3O2. The Kier molecular flexibility index (Phi) is 5.34. The topological polar surface area (TPSA) is 62.3 Å². The monoisotopic (exact) mass is 357 g/mol. The lowest BCUT2D eigenvalue weighted by Crippen LogP contribution is -2.39. The van der Waals surface area contributed by atoms with Gasteiger partial charge in [0.25, 0.3) is 11.8 Å². The Labute approximate surface area is 152 Å². The van der Waals surface area contributed by atoms with Crippen LogP contribution in [0.2, 0.25) is 5.02 Å². The van der Waals surface area contributed by atoms with E-state index >= 15 is 0 Å². The number of hydrogen-bond donors (Lipinski definition) is 1. The lowest BCUT2D eigenvalue weighted by atomic mass is 10.00. The molecule has 1 aliphatic heterocycles. The first-order valence-electron chi connectivity index (χ1n) is 8.36. The molecule has 0 spiro atoms. The Bertz CT molecular complexity index is 776. The molecule has 5 nitrogen and oxygen atoms in total. The van der Waals surface area contributed by atoms with Crippen LogP contribution in [-0.4, -0.2) is 34.8 Å². The summed E-state index contributed by atoms with van der Waals surface area (Å²) in [6, 6.07) is 11.8. The van der Waals surface area contributed by atoms with Crippen molar-refractivity contribution in [2.45, 2.75) is 19.8 Å². The maximum atomic E-state index is 12.6. The van der Waals surface area contributed by atoms with Gasteiger partial charge in [-0.2, -0.15) is 0 Å². The molecule has 1 fully saturated rings. The van der Waals surface area contributed by atoms with Gasteiger partial charge >= 0.3 is 0 Å². The normalized spacial score (nSPS) is 17.2. The number of aromatic nitrogens is 1. The predicted octanol–water partition coefficient (Wildman–Crippen LogP) is 3.86. The van der Waals surface area contributed by atoms with E-state index in [-0.39, 0.29) is 17.5 Å². The van der Waals surface area contributed by atoms with E-state index in [2.05, 4.69) is 17.2 Å². The zero-order chi connectivity index (χ0) is 17.8. The molecule has 0 bridgehead atoms. The Hall–Kier alpha value is -2.40. The first kappa shape index (κ1) is 17.4. The van der Waals surface area contributed by atoms with Crippen molar-refractivity contribution in [3.63, 3.8) is 0 Å². The molecule has 1 N–H and O–H groups in total. The van der Waals surface area contributed by atoms with E-state index in [0.717, 1.165) is 25.9 Å². The first-order chi connectivity index (χ1) is 12.0. The molecule has 0 aliphatic carbocycles. The number of piperidine rings is 1. The molecule has 2 amide bonds. The van der Waals surface area contributed by atoms with Crippen LogP contribution in [0.1, 0.15) is 40.7 Å². The molecule has 0 saturated carbocycles. The second-order valence-electron chi connectivity index (χ2n) is 6.37. The zero-order valence-corrected chi connectivity index (χ0v) is 14.8. The number of carbonyl (C=O) groups is 2. The summed E-state index contributed by atoms with van der Waals surface area (Å²) in [5.74, 6) is 0.0192. The second kappa shape index (κ2) is 7.66. The highest BCUT2D eigenvalue weighted by atomic mass is 35.5. The minimum atomic E-state index is -0.357. The third-order valence-corrected chi connectivity index (χ3v) is 4.50. The van der Waals surface area contributed by atoms with Crippen LogP contribution in [-0.2, 0) is 0 Å². The van der Waals surface area contributed by atoms with E-state index in [1.165, 1.54) is 0 Å². The highest BCUT2D eigenvalue weighted by molar-refractivity contribution is 6.30. The lowest BCUT2D eigenvalue weighted by Gasteiger charge is -2.30. The van der Waals surface area contributed by atoms with Crippen molar-refractivity contribution >= 4 is 29.1 Å². The molecule has 25 heavy (non-hydrogen) atoms. The van der Waals surface area contributed by atoms with E-state index in [1.54, 1.807) is 42.5 Å². The number of nitrogens with zero attached hydrogens (tertiary/aromatic N) is 2. The maximum Gasteiger partial charge on any atom is 0.274 e. The SMILES string of the molecule is CC1CCCN(C(=O)c2cccc(C(=O)Nc3ccc(Cl)cc3)n2)C1. The molecule has 1 aromatic carbocycles. The quantitative estimate of drug-likeness (QED) is 0.907. The average Bonchev–Trinajstić information content (AvgIpc) is 2.63. The molecule has 130 valence electrons. The van der Waals surface area contributed by atoms with E-state index in [1.807, 2.05) is 4.90 Å². The number of nitrogens with one attached hydrogen (secondary N) is 1. The molecule has 2 heterocycles. The Morgan fingerprint density at radius 3 is 2.60 bits per heavy atom. The summed E-state index contributed by atoms with van der Waals surface area (Å²) in [5, 5.41) is 3.35. The molecule has 1 aliphatic rings. The van der Waals surface area contributed by atoms with Gasteiger partial charge in [0.1, 0.15) is 11.4 Å². The van der Waals surface area contributed by atoms with Gasteiger partial charge in [0.2, 0.25) is 0 Å². The summed E-state index contributed by atoms with van der Waals surface area (Å²) < 4.78 is 0. The summed E-state index contributed by atoms with van der Waals surface area (Å²) in [7, 11) is 0. The number of hydrogen-bond acceptors (Lipinski definition) is 3. The summed E-state index contributed by atoms with van der Waals surface area (Å²) >= 11 is 5.84. The molecule has 1 atom stereocenters. The van der Waals surface area contributed by atoms with Gasteiger partial charge in [0, 0.05) is 23.8 Å². The molecule has 0 radical (unpaired) electrons. The second-order valence-corrected chi connectivity index (χ2v) is 6.80. The van der Waals surface area contributed by atoms with Crippen molar-refractivity contribution < 1.29 is 9.59 Å². The van der Waals surface area contributed by atoms with Crippen LogP contribution in [0.5, 0.6) is 0 Å². The molecule has 6 heteroatoms. The van der Waals surface area contributed by atoms with Crippen LogP contribution in [0.3, 0.4) is 0 Å². The van der Waals surface area contributed by atoms with E-state index in [9.17, 15) is 9.59 Å². The Morgan fingerprint density at radius 1 is 1.16 bits per heavy atom. The van der Waals surface area contributed by atoms with E-state index in [0.29, 0.717) is 22.3 Å². The summed E-state index contributed by atoms with van der Waals surface area (Å²) in [6.07, 6.45) is 2.14. The van der Waals surface area contributed by atoms with Crippen LogP contribution in [0.15, 0.2) is 42.5 Å². The van der Waals surface area contributed by atoms with E-state index in [4.69, 9.17) is 11.6 Å². The van der Waals surface area contributed by atoms with Gasteiger partial charge in [-0.15, -0.1) is 0 Å². The fourth-order valence-corrected chi connectivity index (χ4v) is 3.07. The fraction of sp³-hybridized carbons (Fsp3) is 0.316. The summed E-state index contributed by atoms with van der Waals surface area (Å²) in [6.45, 7) is 3.62. The fourth-order valence-electron chi connectivity index (χ4n) is 2.94. The number of likely N-dealkylation sites (tertiary alicyclic amines) is 1. The van der Waals surface area contributed by atoms with Gasteiger partial charge in [0.15, 0.2) is 0 Å². The van der Waals surface area contributed by atoms with Crippen LogP contribution >= 0.6 is 11.6 Å². The number of benzene rings is 1. The van der Waals surface area contributed by atoms with Crippen molar-refractivity contribution in [1.29, 1.82) is 0 Å². The standard InChI is InChI=1S/C19H20ClN3O2/c1-13-4-3-11-23(12-13)19(25)17-6-2-5-16(22-17)18(24)21-15-9-7-14(20)8-10-15/h2,5-10,13H,3-4,11-12H2,1H3,(H,21,24). The number of rotatable bonds is 3. The molecule has 1 aromatic heterocycles. The minimum Gasteiger partial charge on any atom is -0.337 e. The van der Waals surface area contributed by atoms with Gasteiger partial charge in [-0.25, -0.2) is 4.98 Å². The molecule has 1 unspecified atom stereocenters. The van der Waals surface area contributed by atoms with Crippen molar-refractivity contribution in [3.05, 3.63) is 58.9 Å². The first-order valence-corrected chi connectivity index (χ1v) is 8.74. The third kappa shape index (κ3) is 4.37. The van der Waals surface area contributed by atoms with Gasteiger partial charge in [-0.05, 0) is 55.2 Å². The molecule has 1 saturated heterocycles. The van der Waals surface area contributed by atoms with E-state index < -0.39 is 0 Å². The Morgan fingerprint density at radius 2 is 1.88 bits per heavy atom. The number of halogens is 1.